The fourth-order valence-corrected chi connectivity index (χ4v) is 2.25. The molecule has 2 N–H and O–H groups in total. The molecule has 0 saturated carbocycles. The largest absolute Gasteiger partial charge is 0.388 e. The van der Waals surface area contributed by atoms with Gasteiger partial charge in [0.25, 0.3) is 11.1 Å². The molecule has 0 aliphatic carbocycles. The third-order valence-corrected chi connectivity index (χ3v) is 3.78. The minimum absolute atomic E-state index is 0.00822. The molecule has 8 heteroatoms. The van der Waals surface area contributed by atoms with Crippen molar-refractivity contribution in [2.24, 2.45) is 0 Å². The standard InChI is InChI=1S/C13H18N4O3S/c1-3-9(2)16-12(19)10(6-14)7-15-4-5-17-11(18)8-21-13(17)20/h7,9,15H,3-5,8H2,1-2H3,(H,16,19)/b10-7-. The van der Waals surface area contributed by atoms with E-state index < -0.39 is 5.91 Å². The summed E-state index contributed by atoms with van der Waals surface area (Å²) >= 11 is 0.974. The van der Waals surface area contributed by atoms with Gasteiger partial charge in [-0.3, -0.25) is 19.3 Å². The lowest BCUT2D eigenvalue weighted by molar-refractivity contribution is -0.124. The smallest absolute Gasteiger partial charge is 0.288 e. The van der Waals surface area contributed by atoms with E-state index in [0.29, 0.717) is 6.54 Å². The number of nitriles is 1. The highest BCUT2D eigenvalue weighted by atomic mass is 32.2. The first-order valence-corrected chi connectivity index (χ1v) is 7.59. The number of nitrogens with zero attached hydrogens (tertiary/aromatic N) is 2. The Labute approximate surface area is 127 Å². The van der Waals surface area contributed by atoms with Gasteiger partial charge in [0.2, 0.25) is 5.91 Å². The van der Waals surface area contributed by atoms with Crippen LogP contribution in [0.1, 0.15) is 20.3 Å². The number of amides is 3. The first-order chi connectivity index (χ1) is 9.99. The number of rotatable bonds is 7. The summed E-state index contributed by atoms with van der Waals surface area (Å²) in [5.41, 5.74) is -0.0382. The van der Waals surface area contributed by atoms with Gasteiger partial charge in [-0.05, 0) is 13.3 Å². The Balaban J connectivity index is 2.43. The van der Waals surface area contributed by atoms with Gasteiger partial charge in [0.05, 0.1) is 5.75 Å². The van der Waals surface area contributed by atoms with E-state index in [1.165, 1.54) is 6.20 Å². The molecule has 1 atom stereocenters. The van der Waals surface area contributed by atoms with Crippen molar-refractivity contribution in [1.29, 1.82) is 5.26 Å². The Morgan fingerprint density at radius 2 is 2.29 bits per heavy atom. The van der Waals surface area contributed by atoms with E-state index in [-0.39, 0.29) is 35.1 Å². The quantitative estimate of drug-likeness (QED) is 0.405. The highest BCUT2D eigenvalue weighted by Crippen LogP contribution is 2.17. The molecular formula is C13H18N4O3S. The fraction of sp³-hybridized carbons (Fsp3) is 0.538. The molecule has 0 aromatic rings. The van der Waals surface area contributed by atoms with Crippen LogP contribution in [0, 0.1) is 11.3 Å². The molecule has 3 amide bonds. The van der Waals surface area contributed by atoms with E-state index in [1.54, 1.807) is 0 Å². The molecular weight excluding hydrogens is 292 g/mol. The summed E-state index contributed by atoms with van der Waals surface area (Å²) in [6, 6.07) is 1.80. The van der Waals surface area contributed by atoms with Gasteiger partial charge >= 0.3 is 0 Å². The summed E-state index contributed by atoms with van der Waals surface area (Å²) < 4.78 is 0. The Kier molecular flexibility index (Phi) is 6.75. The lowest BCUT2D eigenvalue weighted by Gasteiger charge is -2.13. The third-order valence-electron chi connectivity index (χ3n) is 2.92. The highest BCUT2D eigenvalue weighted by molar-refractivity contribution is 8.14. The van der Waals surface area contributed by atoms with Crippen molar-refractivity contribution in [3.05, 3.63) is 11.8 Å². The lowest BCUT2D eigenvalue weighted by Crippen LogP contribution is -2.35. The van der Waals surface area contributed by atoms with E-state index in [9.17, 15) is 14.4 Å². The molecule has 0 radical (unpaired) electrons. The summed E-state index contributed by atoms with van der Waals surface area (Å²) in [4.78, 5) is 35.6. The van der Waals surface area contributed by atoms with Gasteiger partial charge in [-0.2, -0.15) is 5.26 Å². The van der Waals surface area contributed by atoms with Crippen LogP contribution in [-0.2, 0) is 9.59 Å². The number of carbonyl (C=O) groups excluding carboxylic acids is 3. The average molecular weight is 310 g/mol. The van der Waals surface area contributed by atoms with Crippen molar-refractivity contribution in [3.8, 4) is 6.07 Å². The minimum Gasteiger partial charge on any atom is -0.388 e. The van der Waals surface area contributed by atoms with Crippen molar-refractivity contribution < 1.29 is 14.4 Å². The molecule has 1 fully saturated rings. The molecule has 114 valence electrons. The summed E-state index contributed by atoms with van der Waals surface area (Å²) in [5, 5.41) is 14.1. The number of hydrogen-bond acceptors (Lipinski definition) is 6. The number of imide groups is 1. The van der Waals surface area contributed by atoms with E-state index in [0.717, 1.165) is 23.1 Å². The first kappa shape index (κ1) is 17.0. The van der Waals surface area contributed by atoms with E-state index in [4.69, 9.17) is 5.26 Å². The second-order valence-electron chi connectivity index (χ2n) is 4.51. The number of hydrogen-bond donors (Lipinski definition) is 2. The SMILES string of the molecule is CCC(C)NC(=O)/C(C#N)=C\NCCN1C(=O)CSC1=O. The van der Waals surface area contributed by atoms with Crippen LogP contribution < -0.4 is 10.6 Å². The topological polar surface area (TPSA) is 102 Å². The van der Waals surface area contributed by atoms with E-state index in [2.05, 4.69) is 10.6 Å². The van der Waals surface area contributed by atoms with Crippen LogP contribution >= 0.6 is 11.8 Å². The van der Waals surface area contributed by atoms with Gasteiger partial charge in [-0.1, -0.05) is 18.7 Å². The summed E-state index contributed by atoms with van der Waals surface area (Å²) in [5.74, 6) is -0.482. The molecule has 1 saturated heterocycles. The Morgan fingerprint density at radius 3 is 2.81 bits per heavy atom. The van der Waals surface area contributed by atoms with Crippen molar-refractivity contribution >= 4 is 28.8 Å². The van der Waals surface area contributed by atoms with Crippen LogP contribution in [0.3, 0.4) is 0 Å². The number of nitrogens with one attached hydrogen (secondary N) is 2. The van der Waals surface area contributed by atoms with Crippen LogP contribution in [0.15, 0.2) is 11.8 Å². The molecule has 0 spiro atoms. The minimum atomic E-state index is -0.441. The predicted molar refractivity (Wildman–Crippen MR) is 79.2 cm³/mol. The molecule has 1 aliphatic rings. The Morgan fingerprint density at radius 1 is 1.57 bits per heavy atom. The average Bonchev–Trinajstić information content (AvgIpc) is 2.78. The molecule has 1 unspecified atom stereocenters. The molecule has 1 heterocycles. The van der Waals surface area contributed by atoms with Gasteiger partial charge in [-0.15, -0.1) is 0 Å². The second kappa shape index (κ2) is 8.32. The molecule has 1 aliphatic heterocycles. The Bertz CT molecular complexity index is 482. The monoisotopic (exact) mass is 310 g/mol. The Hall–Kier alpha value is -2.01. The maximum atomic E-state index is 11.7. The summed E-state index contributed by atoms with van der Waals surface area (Å²) in [7, 11) is 0. The van der Waals surface area contributed by atoms with Crippen LogP contribution in [0.5, 0.6) is 0 Å². The normalized spacial score (nSPS) is 16.6. The summed E-state index contributed by atoms with van der Waals surface area (Å²) in [6.07, 6.45) is 2.07. The predicted octanol–water partition coefficient (Wildman–Crippen LogP) is 0.594. The van der Waals surface area contributed by atoms with Crippen LogP contribution in [0.2, 0.25) is 0 Å². The molecule has 7 nitrogen and oxygen atoms in total. The molecule has 21 heavy (non-hydrogen) atoms. The fourth-order valence-electron chi connectivity index (χ4n) is 1.50. The zero-order valence-corrected chi connectivity index (χ0v) is 12.8. The molecule has 1 rings (SSSR count). The summed E-state index contributed by atoms with van der Waals surface area (Å²) in [6.45, 7) is 4.29. The molecule has 0 aromatic carbocycles. The second-order valence-corrected chi connectivity index (χ2v) is 5.43. The van der Waals surface area contributed by atoms with Crippen molar-refractivity contribution in [1.82, 2.24) is 15.5 Å². The zero-order valence-electron chi connectivity index (χ0n) is 12.0. The van der Waals surface area contributed by atoms with Gasteiger partial charge < -0.3 is 10.6 Å². The maximum Gasteiger partial charge on any atom is 0.288 e. The van der Waals surface area contributed by atoms with Crippen molar-refractivity contribution in [2.75, 3.05) is 18.8 Å². The number of thioether (sulfide) groups is 1. The third kappa shape index (κ3) is 5.11. The van der Waals surface area contributed by atoms with Crippen LogP contribution in [0.4, 0.5) is 4.79 Å². The van der Waals surface area contributed by atoms with E-state index in [1.807, 2.05) is 19.9 Å². The lowest BCUT2D eigenvalue weighted by atomic mass is 10.2. The van der Waals surface area contributed by atoms with Gasteiger partial charge in [0.1, 0.15) is 11.6 Å². The first-order valence-electron chi connectivity index (χ1n) is 6.61. The van der Waals surface area contributed by atoms with E-state index >= 15 is 0 Å². The van der Waals surface area contributed by atoms with Gasteiger partial charge in [-0.25, -0.2) is 0 Å². The molecule has 0 bridgehead atoms. The zero-order chi connectivity index (χ0) is 15.8. The van der Waals surface area contributed by atoms with Gasteiger partial charge in [0.15, 0.2) is 0 Å². The van der Waals surface area contributed by atoms with Crippen LogP contribution in [0.25, 0.3) is 0 Å². The van der Waals surface area contributed by atoms with Gasteiger partial charge in [0, 0.05) is 25.3 Å². The van der Waals surface area contributed by atoms with Crippen molar-refractivity contribution in [2.45, 2.75) is 26.3 Å². The number of carbonyl (C=O) groups is 3. The maximum absolute atomic E-state index is 11.7. The highest BCUT2D eigenvalue weighted by Gasteiger charge is 2.28. The van der Waals surface area contributed by atoms with Crippen molar-refractivity contribution in [3.63, 3.8) is 0 Å². The van der Waals surface area contributed by atoms with Crippen LogP contribution in [-0.4, -0.2) is 46.8 Å². The molecule has 0 aromatic heterocycles.